The number of hydrogen-bond donors (Lipinski definition) is 1. The molecule has 0 amide bonds. The number of hydrogen-bond acceptors (Lipinski definition) is 4. The SMILES string of the molecule is COC(=O)[C@]1(F)CN(C(C)(C)CO)C[C@H]1c1ccc(F)cc1F. The second-order valence-corrected chi connectivity index (χ2v) is 6.42. The smallest absolute Gasteiger partial charge is 0.345 e. The van der Waals surface area contributed by atoms with Crippen LogP contribution in [0.15, 0.2) is 18.2 Å². The Hall–Kier alpha value is -1.60. The van der Waals surface area contributed by atoms with E-state index in [9.17, 15) is 18.7 Å². The van der Waals surface area contributed by atoms with Gasteiger partial charge in [-0.15, -0.1) is 0 Å². The largest absolute Gasteiger partial charge is 0.467 e. The summed E-state index contributed by atoms with van der Waals surface area (Å²) in [4.78, 5) is 13.5. The minimum atomic E-state index is -2.47. The van der Waals surface area contributed by atoms with Crippen molar-refractivity contribution in [2.75, 3.05) is 26.8 Å². The van der Waals surface area contributed by atoms with Crippen molar-refractivity contribution in [1.82, 2.24) is 4.90 Å². The molecule has 2 rings (SSSR count). The van der Waals surface area contributed by atoms with Crippen LogP contribution in [-0.2, 0) is 9.53 Å². The zero-order valence-corrected chi connectivity index (χ0v) is 13.3. The molecule has 0 spiro atoms. The van der Waals surface area contributed by atoms with Crippen LogP contribution in [0.4, 0.5) is 13.2 Å². The molecule has 7 heteroatoms. The maximum absolute atomic E-state index is 15.4. The third-order valence-corrected chi connectivity index (χ3v) is 4.48. The van der Waals surface area contributed by atoms with Crippen LogP contribution in [0.3, 0.4) is 0 Å². The van der Waals surface area contributed by atoms with Crippen molar-refractivity contribution in [2.45, 2.75) is 31.0 Å². The number of likely N-dealkylation sites (tertiary alicyclic amines) is 1. The molecule has 1 aliphatic heterocycles. The predicted molar refractivity (Wildman–Crippen MR) is 77.7 cm³/mol. The minimum absolute atomic E-state index is 0.00170. The van der Waals surface area contributed by atoms with E-state index >= 15 is 4.39 Å². The molecule has 0 unspecified atom stereocenters. The van der Waals surface area contributed by atoms with Gasteiger partial charge in [-0.25, -0.2) is 18.0 Å². The van der Waals surface area contributed by atoms with E-state index in [1.165, 1.54) is 0 Å². The van der Waals surface area contributed by atoms with Crippen LogP contribution in [0, 0.1) is 11.6 Å². The third-order valence-electron chi connectivity index (χ3n) is 4.48. The first-order valence-corrected chi connectivity index (χ1v) is 7.24. The van der Waals surface area contributed by atoms with Crippen molar-refractivity contribution in [3.63, 3.8) is 0 Å². The van der Waals surface area contributed by atoms with Crippen LogP contribution < -0.4 is 0 Å². The predicted octanol–water partition coefficient (Wildman–Crippen LogP) is 2.02. The highest BCUT2D eigenvalue weighted by Crippen LogP contribution is 2.43. The molecule has 1 aliphatic rings. The molecule has 1 fully saturated rings. The molecule has 1 N–H and O–H groups in total. The minimum Gasteiger partial charge on any atom is -0.467 e. The van der Waals surface area contributed by atoms with Crippen molar-refractivity contribution in [3.8, 4) is 0 Å². The zero-order chi connectivity index (χ0) is 17.4. The lowest BCUT2D eigenvalue weighted by Gasteiger charge is -2.33. The molecular weight excluding hydrogens is 311 g/mol. The Morgan fingerprint density at radius 1 is 1.48 bits per heavy atom. The standard InChI is InChI=1S/C16H20F3NO3/c1-15(2,9-21)20-7-12(16(19,8-20)14(22)23-3)11-5-4-10(17)6-13(11)18/h4-6,12,21H,7-9H2,1-3H3/t12-,16-/m0/s1. The molecule has 23 heavy (non-hydrogen) atoms. The van der Waals surface area contributed by atoms with E-state index in [0.717, 1.165) is 19.2 Å². The van der Waals surface area contributed by atoms with E-state index in [2.05, 4.69) is 4.74 Å². The lowest BCUT2D eigenvalue weighted by molar-refractivity contribution is -0.155. The number of nitrogens with zero attached hydrogens (tertiary/aromatic N) is 1. The molecule has 1 aromatic rings. The van der Waals surface area contributed by atoms with Crippen LogP contribution in [0.2, 0.25) is 0 Å². The second-order valence-electron chi connectivity index (χ2n) is 6.42. The molecule has 1 aromatic carbocycles. The van der Waals surface area contributed by atoms with Crippen molar-refractivity contribution >= 4 is 5.97 Å². The lowest BCUT2D eigenvalue weighted by Crippen LogP contribution is -2.48. The number of esters is 1. The fourth-order valence-electron chi connectivity index (χ4n) is 2.88. The van der Waals surface area contributed by atoms with E-state index in [-0.39, 0.29) is 25.3 Å². The number of carbonyl (C=O) groups excluding carboxylic acids is 1. The fourth-order valence-corrected chi connectivity index (χ4v) is 2.88. The third kappa shape index (κ3) is 3.07. The Balaban J connectivity index is 2.47. The number of alkyl halides is 1. The molecule has 2 atom stereocenters. The molecule has 0 bridgehead atoms. The van der Waals surface area contributed by atoms with Crippen molar-refractivity contribution < 1.29 is 27.8 Å². The van der Waals surface area contributed by atoms with E-state index in [4.69, 9.17) is 0 Å². The van der Waals surface area contributed by atoms with E-state index in [0.29, 0.717) is 6.07 Å². The molecule has 128 valence electrons. The van der Waals surface area contributed by atoms with Crippen LogP contribution in [0.25, 0.3) is 0 Å². The van der Waals surface area contributed by atoms with Gasteiger partial charge in [0.2, 0.25) is 5.67 Å². The number of aliphatic hydroxyl groups is 1. The van der Waals surface area contributed by atoms with Crippen molar-refractivity contribution in [3.05, 3.63) is 35.4 Å². The van der Waals surface area contributed by atoms with Gasteiger partial charge in [0.1, 0.15) is 11.6 Å². The van der Waals surface area contributed by atoms with Gasteiger partial charge < -0.3 is 9.84 Å². The summed E-state index contributed by atoms with van der Waals surface area (Å²) < 4.78 is 47.1. The Bertz CT molecular complexity index is 608. The van der Waals surface area contributed by atoms with Gasteiger partial charge in [-0.1, -0.05) is 6.07 Å². The van der Waals surface area contributed by atoms with Gasteiger partial charge >= 0.3 is 5.97 Å². The summed E-state index contributed by atoms with van der Waals surface area (Å²) in [5.74, 6) is -3.95. The Morgan fingerprint density at radius 3 is 2.65 bits per heavy atom. The zero-order valence-electron chi connectivity index (χ0n) is 13.3. The van der Waals surface area contributed by atoms with Crippen LogP contribution in [0.5, 0.6) is 0 Å². The number of rotatable bonds is 4. The highest BCUT2D eigenvalue weighted by Gasteiger charge is 2.57. The highest BCUT2D eigenvalue weighted by molar-refractivity contribution is 5.82. The van der Waals surface area contributed by atoms with Crippen molar-refractivity contribution in [1.29, 1.82) is 0 Å². The first-order chi connectivity index (χ1) is 10.7. The summed E-state index contributed by atoms with van der Waals surface area (Å²) in [6.45, 7) is 2.78. The summed E-state index contributed by atoms with van der Waals surface area (Å²) in [6, 6.07) is 2.82. The van der Waals surface area contributed by atoms with Gasteiger partial charge in [0, 0.05) is 30.6 Å². The normalized spacial score (nSPS) is 25.6. The van der Waals surface area contributed by atoms with Crippen LogP contribution >= 0.6 is 0 Å². The molecular formula is C16H20F3NO3. The summed E-state index contributed by atoms with van der Waals surface area (Å²) in [5.41, 5.74) is -3.35. The maximum Gasteiger partial charge on any atom is 0.345 e. The monoisotopic (exact) mass is 331 g/mol. The topological polar surface area (TPSA) is 49.8 Å². The van der Waals surface area contributed by atoms with E-state index in [1.54, 1.807) is 18.7 Å². The first kappa shape index (κ1) is 17.7. The molecule has 0 aromatic heterocycles. The summed E-state index contributed by atoms with van der Waals surface area (Å²) in [7, 11) is 1.06. The highest BCUT2D eigenvalue weighted by atomic mass is 19.1. The molecule has 1 heterocycles. The quantitative estimate of drug-likeness (QED) is 0.858. The first-order valence-electron chi connectivity index (χ1n) is 7.24. The van der Waals surface area contributed by atoms with E-state index < -0.39 is 34.7 Å². The molecule has 1 saturated heterocycles. The number of methoxy groups -OCH3 is 1. The number of aliphatic hydroxyl groups excluding tert-OH is 1. The van der Waals surface area contributed by atoms with Gasteiger partial charge in [0.25, 0.3) is 0 Å². The Kier molecular flexibility index (Phi) is 4.73. The van der Waals surface area contributed by atoms with Gasteiger partial charge in [-0.3, -0.25) is 4.90 Å². The van der Waals surface area contributed by atoms with Crippen molar-refractivity contribution in [2.24, 2.45) is 0 Å². The van der Waals surface area contributed by atoms with Gasteiger partial charge in [0.15, 0.2) is 0 Å². The average Bonchev–Trinajstić information content (AvgIpc) is 2.86. The number of halogens is 3. The number of benzene rings is 1. The van der Waals surface area contributed by atoms with Gasteiger partial charge in [-0.2, -0.15) is 0 Å². The summed E-state index contributed by atoms with van der Waals surface area (Å²) >= 11 is 0. The van der Waals surface area contributed by atoms with Gasteiger partial charge in [0.05, 0.1) is 13.7 Å². The van der Waals surface area contributed by atoms with Crippen LogP contribution in [-0.4, -0.2) is 54.0 Å². The fraction of sp³-hybridized carbons (Fsp3) is 0.562. The number of carbonyl (C=O) groups is 1. The second kappa shape index (κ2) is 6.13. The maximum atomic E-state index is 15.4. The molecule has 4 nitrogen and oxygen atoms in total. The van der Waals surface area contributed by atoms with Gasteiger partial charge in [-0.05, 0) is 25.5 Å². The Labute approximate surface area is 132 Å². The molecule has 0 saturated carbocycles. The number of ether oxygens (including phenoxy) is 1. The molecule has 0 aliphatic carbocycles. The lowest BCUT2D eigenvalue weighted by atomic mass is 9.86. The summed E-state index contributed by atoms with van der Waals surface area (Å²) in [6.07, 6.45) is 0. The van der Waals surface area contributed by atoms with E-state index in [1.807, 2.05) is 0 Å². The summed E-state index contributed by atoms with van der Waals surface area (Å²) in [5, 5.41) is 9.46. The van der Waals surface area contributed by atoms with Crippen LogP contribution in [0.1, 0.15) is 25.3 Å². The Morgan fingerprint density at radius 2 is 2.13 bits per heavy atom. The molecule has 0 radical (unpaired) electrons. The average molecular weight is 331 g/mol.